The molecule has 2 N–H and O–H groups in total. The molecule has 1 fully saturated rings. The van der Waals surface area contributed by atoms with Crippen molar-refractivity contribution in [2.24, 2.45) is 0 Å². The highest BCUT2D eigenvalue weighted by Crippen LogP contribution is 2.31. The first-order chi connectivity index (χ1) is 11.9. The van der Waals surface area contributed by atoms with Crippen LogP contribution in [0, 0.1) is 0 Å². The van der Waals surface area contributed by atoms with Crippen LogP contribution in [-0.2, 0) is 4.79 Å². The van der Waals surface area contributed by atoms with Gasteiger partial charge in [0.15, 0.2) is 0 Å². The molecule has 0 aromatic heterocycles. The largest absolute Gasteiger partial charge is 0.481 e. The number of amides is 2. The van der Waals surface area contributed by atoms with Gasteiger partial charge in [-0.2, -0.15) is 8.78 Å². The molecule has 9 heteroatoms. The first kappa shape index (κ1) is 18.8. The highest BCUT2D eigenvalue weighted by molar-refractivity contribution is 5.75. The van der Waals surface area contributed by atoms with Crippen LogP contribution >= 0.6 is 0 Å². The molecule has 1 aliphatic rings. The standard InChI is InChI=1S/C16H21F2N3O4/c1-20(8-7-14(22)23)16(24)19-11-6-9-21(10-11)12-4-2-3-5-13(12)25-15(17)18/h2-5,11,15H,6-10H2,1H3,(H,19,24)(H,22,23). The van der Waals surface area contributed by atoms with Crippen LogP contribution in [0.3, 0.4) is 0 Å². The van der Waals surface area contributed by atoms with Gasteiger partial charge in [0.2, 0.25) is 0 Å². The second-order valence-corrected chi connectivity index (χ2v) is 5.79. The Kier molecular flexibility index (Phi) is 6.37. The summed E-state index contributed by atoms with van der Waals surface area (Å²) >= 11 is 0. The van der Waals surface area contributed by atoms with E-state index in [0.29, 0.717) is 25.2 Å². The summed E-state index contributed by atoms with van der Waals surface area (Å²) in [6.45, 7) is -1.74. The number of nitrogens with one attached hydrogen (secondary N) is 1. The van der Waals surface area contributed by atoms with Crippen molar-refractivity contribution in [1.82, 2.24) is 10.2 Å². The summed E-state index contributed by atoms with van der Waals surface area (Å²) in [5.74, 6) is -0.870. The molecule has 0 saturated carbocycles. The first-order valence-electron chi connectivity index (χ1n) is 7.89. The number of hydrogen-bond donors (Lipinski definition) is 2. The summed E-state index contributed by atoms with van der Waals surface area (Å²) < 4.78 is 29.6. The minimum Gasteiger partial charge on any atom is -0.481 e. The van der Waals surface area contributed by atoms with Crippen molar-refractivity contribution in [3.8, 4) is 5.75 Å². The quantitative estimate of drug-likeness (QED) is 0.780. The predicted octanol–water partition coefficient (Wildman–Crippen LogP) is 1.98. The number of ether oxygens (including phenoxy) is 1. The number of nitrogens with zero attached hydrogens (tertiary/aromatic N) is 2. The van der Waals surface area contributed by atoms with E-state index in [1.807, 2.05) is 4.90 Å². The van der Waals surface area contributed by atoms with E-state index < -0.39 is 12.6 Å². The van der Waals surface area contributed by atoms with Crippen molar-refractivity contribution in [3.05, 3.63) is 24.3 Å². The average molecular weight is 357 g/mol. The van der Waals surface area contributed by atoms with Crippen LogP contribution in [0.4, 0.5) is 19.3 Å². The third-order valence-electron chi connectivity index (χ3n) is 3.95. The van der Waals surface area contributed by atoms with E-state index in [2.05, 4.69) is 10.1 Å². The Hall–Kier alpha value is -2.58. The number of anilines is 1. The molecule has 0 spiro atoms. The van der Waals surface area contributed by atoms with Crippen LogP contribution in [0.5, 0.6) is 5.75 Å². The number of rotatable bonds is 7. The van der Waals surface area contributed by atoms with Crippen molar-refractivity contribution in [1.29, 1.82) is 0 Å². The van der Waals surface area contributed by atoms with Gasteiger partial charge in [0, 0.05) is 32.7 Å². The SMILES string of the molecule is CN(CCC(=O)O)C(=O)NC1CCN(c2ccccc2OC(F)F)C1. The molecule has 1 heterocycles. The fraction of sp³-hybridized carbons (Fsp3) is 0.500. The van der Waals surface area contributed by atoms with Gasteiger partial charge in [-0.05, 0) is 18.6 Å². The zero-order chi connectivity index (χ0) is 18.4. The van der Waals surface area contributed by atoms with E-state index in [9.17, 15) is 18.4 Å². The van der Waals surface area contributed by atoms with Crippen molar-refractivity contribution < 1.29 is 28.2 Å². The van der Waals surface area contributed by atoms with Gasteiger partial charge in [0.1, 0.15) is 5.75 Å². The molecule has 7 nitrogen and oxygen atoms in total. The normalized spacial score (nSPS) is 16.8. The van der Waals surface area contributed by atoms with E-state index in [1.54, 1.807) is 18.2 Å². The third-order valence-corrected chi connectivity index (χ3v) is 3.95. The highest BCUT2D eigenvalue weighted by atomic mass is 19.3. The molecule has 1 unspecified atom stereocenters. The number of urea groups is 1. The smallest absolute Gasteiger partial charge is 0.387 e. The summed E-state index contributed by atoms with van der Waals surface area (Å²) in [5.41, 5.74) is 0.554. The number of carboxylic acid groups (broad SMARTS) is 1. The molecule has 1 aliphatic heterocycles. The molecule has 25 heavy (non-hydrogen) atoms. The van der Waals surface area contributed by atoms with E-state index in [-0.39, 0.29) is 30.8 Å². The Labute approximate surface area is 144 Å². The zero-order valence-corrected chi connectivity index (χ0v) is 13.8. The molecule has 0 radical (unpaired) electrons. The monoisotopic (exact) mass is 357 g/mol. The van der Waals surface area contributed by atoms with Gasteiger partial charge in [0.25, 0.3) is 0 Å². The molecule has 0 aliphatic carbocycles. The van der Waals surface area contributed by atoms with Gasteiger partial charge >= 0.3 is 18.6 Å². The Morgan fingerprint density at radius 2 is 2.16 bits per heavy atom. The van der Waals surface area contributed by atoms with Crippen molar-refractivity contribution in [2.75, 3.05) is 31.6 Å². The Balaban J connectivity index is 1.91. The Morgan fingerprint density at radius 3 is 2.84 bits per heavy atom. The molecule has 1 aromatic rings. The lowest BCUT2D eigenvalue weighted by Crippen LogP contribution is -2.44. The predicted molar refractivity (Wildman–Crippen MR) is 87.1 cm³/mol. The number of carbonyl (C=O) groups is 2. The topological polar surface area (TPSA) is 82.1 Å². The van der Waals surface area contributed by atoms with Crippen LogP contribution in [0.25, 0.3) is 0 Å². The average Bonchev–Trinajstić information content (AvgIpc) is 3.00. The number of carboxylic acids is 1. The fourth-order valence-electron chi connectivity index (χ4n) is 2.66. The summed E-state index contributed by atoms with van der Waals surface area (Å²) in [7, 11) is 1.52. The molecular weight excluding hydrogens is 336 g/mol. The second-order valence-electron chi connectivity index (χ2n) is 5.79. The van der Waals surface area contributed by atoms with Gasteiger partial charge in [-0.3, -0.25) is 4.79 Å². The maximum atomic E-state index is 12.5. The minimum absolute atomic E-state index is 0.100. The van der Waals surface area contributed by atoms with Crippen molar-refractivity contribution >= 4 is 17.7 Å². The molecule has 1 aromatic carbocycles. The van der Waals surface area contributed by atoms with Gasteiger partial charge < -0.3 is 25.0 Å². The Bertz CT molecular complexity index is 615. The number of carbonyl (C=O) groups excluding carboxylic acids is 1. The lowest BCUT2D eigenvalue weighted by atomic mass is 10.2. The summed E-state index contributed by atoms with van der Waals surface area (Å²) in [5, 5.41) is 11.5. The fourth-order valence-corrected chi connectivity index (χ4v) is 2.66. The van der Waals surface area contributed by atoms with Crippen LogP contribution < -0.4 is 15.0 Å². The molecule has 2 rings (SSSR count). The maximum absolute atomic E-state index is 12.5. The number of alkyl halides is 2. The van der Waals surface area contributed by atoms with Gasteiger partial charge in [-0.25, -0.2) is 4.79 Å². The maximum Gasteiger partial charge on any atom is 0.387 e. The number of para-hydroxylation sites is 2. The first-order valence-corrected chi connectivity index (χ1v) is 7.89. The van der Waals surface area contributed by atoms with Gasteiger partial charge in [-0.1, -0.05) is 12.1 Å². The van der Waals surface area contributed by atoms with Gasteiger partial charge in [0.05, 0.1) is 12.1 Å². The van der Waals surface area contributed by atoms with Crippen LogP contribution in [0.15, 0.2) is 24.3 Å². The van der Waals surface area contributed by atoms with E-state index >= 15 is 0 Å². The molecule has 2 amide bonds. The molecule has 1 atom stereocenters. The molecule has 138 valence electrons. The molecule has 1 saturated heterocycles. The lowest BCUT2D eigenvalue weighted by molar-refractivity contribution is -0.137. The van der Waals surface area contributed by atoms with Gasteiger partial charge in [-0.15, -0.1) is 0 Å². The van der Waals surface area contributed by atoms with Crippen LogP contribution in [0.1, 0.15) is 12.8 Å². The summed E-state index contributed by atoms with van der Waals surface area (Å²) in [4.78, 5) is 25.8. The van der Waals surface area contributed by atoms with Crippen molar-refractivity contribution in [3.63, 3.8) is 0 Å². The van der Waals surface area contributed by atoms with Crippen molar-refractivity contribution in [2.45, 2.75) is 25.5 Å². The number of halogens is 2. The lowest BCUT2D eigenvalue weighted by Gasteiger charge is -2.23. The van der Waals surface area contributed by atoms with Crippen LogP contribution in [-0.4, -0.2) is 61.3 Å². The zero-order valence-electron chi connectivity index (χ0n) is 13.8. The second kappa shape index (κ2) is 8.50. The number of aliphatic carboxylic acids is 1. The highest BCUT2D eigenvalue weighted by Gasteiger charge is 2.27. The molecule has 0 bridgehead atoms. The van der Waals surface area contributed by atoms with E-state index in [1.165, 1.54) is 18.0 Å². The summed E-state index contributed by atoms with van der Waals surface area (Å²) in [6, 6.07) is 6.02. The third kappa shape index (κ3) is 5.47. The van der Waals surface area contributed by atoms with E-state index in [0.717, 1.165) is 0 Å². The van der Waals surface area contributed by atoms with E-state index in [4.69, 9.17) is 5.11 Å². The number of benzene rings is 1. The van der Waals surface area contributed by atoms with Crippen LogP contribution in [0.2, 0.25) is 0 Å². The Morgan fingerprint density at radius 1 is 1.44 bits per heavy atom. The number of hydrogen-bond acceptors (Lipinski definition) is 4. The summed E-state index contributed by atoms with van der Waals surface area (Å²) in [6.07, 6.45) is 0.528. The minimum atomic E-state index is -2.90. The molecular formula is C16H21F2N3O4.